The van der Waals surface area contributed by atoms with Crippen molar-refractivity contribution in [2.24, 2.45) is 0 Å². The molecule has 1 atom stereocenters. The van der Waals surface area contributed by atoms with Crippen molar-refractivity contribution in [3.05, 3.63) is 17.8 Å². The van der Waals surface area contributed by atoms with Crippen LogP contribution in [0, 0.1) is 0 Å². The van der Waals surface area contributed by atoms with Crippen molar-refractivity contribution in [1.82, 2.24) is 10.2 Å². The fourth-order valence-electron chi connectivity index (χ4n) is 1.71. The molecule has 1 aliphatic heterocycles. The number of alkyl halides is 3. The summed E-state index contributed by atoms with van der Waals surface area (Å²) in [6, 6.07) is 0.910. The van der Waals surface area contributed by atoms with E-state index in [9.17, 15) is 18.0 Å². The molecule has 0 aliphatic carbocycles. The van der Waals surface area contributed by atoms with E-state index in [2.05, 4.69) is 10.2 Å². The largest absolute Gasteiger partial charge is 0.480 e. The van der Waals surface area contributed by atoms with Gasteiger partial charge < -0.3 is 14.7 Å². The van der Waals surface area contributed by atoms with E-state index < -0.39 is 23.9 Å². The summed E-state index contributed by atoms with van der Waals surface area (Å²) in [4.78, 5) is 12.4. The average Bonchev–Trinajstić information content (AvgIpc) is 2.38. The van der Waals surface area contributed by atoms with Crippen molar-refractivity contribution in [3.8, 4) is 0 Å². The number of anilines is 1. The van der Waals surface area contributed by atoms with Crippen LogP contribution < -0.4 is 4.90 Å². The SMILES string of the molecule is O=C(O)C1COCCN1c1ccc(C(F)(F)F)nn1. The zero-order valence-corrected chi connectivity index (χ0v) is 9.59. The van der Waals surface area contributed by atoms with Gasteiger partial charge in [0, 0.05) is 6.54 Å². The Labute approximate surface area is 105 Å². The molecule has 1 N–H and O–H groups in total. The summed E-state index contributed by atoms with van der Waals surface area (Å²) >= 11 is 0. The first-order chi connectivity index (χ1) is 8.89. The molecule has 1 aliphatic rings. The van der Waals surface area contributed by atoms with Gasteiger partial charge in [0.25, 0.3) is 0 Å². The topological polar surface area (TPSA) is 75.6 Å². The first-order valence-electron chi connectivity index (χ1n) is 5.37. The van der Waals surface area contributed by atoms with Gasteiger partial charge in [-0.3, -0.25) is 0 Å². The highest BCUT2D eigenvalue weighted by Gasteiger charge is 2.34. The molecule has 2 heterocycles. The zero-order chi connectivity index (χ0) is 14.0. The van der Waals surface area contributed by atoms with Crippen molar-refractivity contribution in [1.29, 1.82) is 0 Å². The van der Waals surface area contributed by atoms with E-state index >= 15 is 0 Å². The molecule has 0 aromatic carbocycles. The third-order valence-corrected chi connectivity index (χ3v) is 2.65. The number of halogens is 3. The molecule has 2 rings (SSSR count). The van der Waals surface area contributed by atoms with Crippen LogP contribution in [-0.4, -0.2) is 47.1 Å². The molecule has 0 amide bonds. The number of aliphatic carboxylic acids is 1. The maximum Gasteiger partial charge on any atom is 0.435 e. The number of hydrogen-bond donors (Lipinski definition) is 1. The first-order valence-corrected chi connectivity index (χ1v) is 5.37. The van der Waals surface area contributed by atoms with E-state index in [1.54, 1.807) is 0 Å². The van der Waals surface area contributed by atoms with Gasteiger partial charge in [-0.15, -0.1) is 10.2 Å². The van der Waals surface area contributed by atoms with Crippen LogP contribution in [0.15, 0.2) is 12.1 Å². The standard InChI is InChI=1S/C10H10F3N3O3/c11-10(12,13)7-1-2-8(15-14-7)16-3-4-19-5-6(16)9(17)18/h1-2,6H,3-5H2,(H,17,18). The van der Waals surface area contributed by atoms with Crippen molar-refractivity contribution in [3.63, 3.8) is 0 Å². The monoisotopic (exact) mass is 277 g/mol. The number of rotatable bonds is 2. The molecular formula is C10H10F3N3O3. The molecule has 1 aromatic heterocycles. The minimum Gasteiger partial charge on any atom is -0.480 e. The molecule has 0 bridgehead atoms. The zero-order valence-electron chi connectivity index (χ0n) is 9.59. The highest BCUT2D eigenvalue weighted by Crippen LogP contribution is 2.28. The number of hydrogen-bond acceptors (Lipinski definition) is 5. The second-order valence-corrected chi connectivity index (χ2v) is 3.90. The molecule has 1 fully saturated rings. The molecule has 6 nitrogen and oxygen atoms in total. The summed E-state index contributed by atoms with van der Waals surface area (Å²) in [7, 11) is 0. The lowest BCUT2D eigenvalue weighted by Gasteiger charge is -2.33. The molecular weight excluding hydrogens is 267 g/mol. The van der Waals surface area contributed by atoms with Gasteiger partial charge in [0.2, 0.25) is 0 Å². The smallest absolute Gasteiger partial charge is 0.435 e. The van der Waals surface area contributed by atoms with Gasteiger partial charge in [-0.2, -0.15) is 13.2 Å². The maximum absolute atomic E-state index is 12.3. The van der Waals surface area contributed by atoms with Gasteiger partial charge >= 0.3 is 12.1 Å². The molecule has 0 saturated carbocycles. The second-order valence-electron chi connectivity index (χ2n) is 3.90. The predicted octanol–water partition coefficient (Wildman–Crippen LogP) is 0.785. The Morgan fingerprint density at radius 2 is 2.16 bits per heavy atom. The highest BCUT2D eigenvalue weighted by molar-refractivity contribution is 5.78. The van der Waals surface area contributed by atoms with Crippen LogP contribution in [0.4, 0.5) is 19.0 Å². The summed E-state index contributed by atoms with van der Waals surface area (Å²) in [5, 5.41) is 15.5. The summed E-state index contributed by atoms with van der Waals surface area (Å²) in [6.07, 6.45) is -4.57. The van der Waals surface area contributed by atoms with E-state index in [1.165, 1.54) is 4.90 Å². The Morgan fingerprint density at radius 1 is 1.42 bits per heavy atom. The Balaban J connectivity index is 2.23. The van der Waals surface area contributed by atoms with Crippen molar-refractivity contribution < 1.29 is 27.8 Å². The second kappa shape index (κ2) is 5.00. The molecule has 9 heteroatoms. The van der Waals surface area contributed by atoms with E-state index in [0.29, 0.717) is 0 Å². The van der Waals surface area contributed by atoms with E-state index in [4.69, 9.17) is 9.84 Å². The summed E-state index contributed by atoms with van der Waals surface area (Å²) in [5.74, 6) is -1.04. The minimum atomic E-state index is -4.57. The minimum absolute atomic E-state index is 0.0436. The van der Waals surface area contributed by atoms with Gasteiger partial charge in [0.05, 0.1) is 13.2 Å². The van der Waals surface area contributed by atoms with Crippen molar-refractivity contribution in [2.75, 3.05) is 24.7 Å². The van der Waals surface area contributed by atoms with Gasteiger partial charge in [-0.25, -0.2) is 4.79 Å². The van der Waals surface area contributed by atoms with Gasteiger partial charge in [-0.1, -0.05) is 0 Å². The lowest BCUT2D eigenvalue weighted by Crippen LogP contribution is -2.50. The molecule has 1 unspecified atom stereocenters. The molecule has 1 aromatic rings. The Morgan fingerprint density at radius 3 is 2.68 bits per heavy atom. The molecule has 19 heavy (non-hydrogen) atoms. The fourth-order valence-corrected chi connectivity index (χ4v) is 1.71. The van der Waals surface area contributed by atoms with E-state index in [0.717, 1.165) is 12.1 Å². The third-order valence-electron chi connectivity index (χ3n) is 2.65. The summed E-state index contributed by atoms with van der Waals surface area (Å²) in [5.41, 5.74) is -1.11. The van der Waals surface area contributed by atoms with Crippen LogP contribution in [0.1, 0.15) is 5.69 Å². The predicted molar refractivity (Wildman–Crippen MR) is 56.6 cm³/mol. The van der Waals surface area contributed by atoms with Gasteiger partial charge in [0.15, 0.2) is 17.6 Å². The van der Waals surface area contributed by atoms with Crippen molar-refractivity contribution >= 4 is 11.8 Å². The van der Waals surface area contributed by atoms with Crippen LogP contribution >= 0.6 is 0 Å². The molecule has 0 radical (unpaired) electrons. The van der Waals surface area contributed by atoms with Crippen LogP contribution in [0.25, 0.3) is 0 Å². The summed E-state index contributed by atoms with van der Waals surface area (Å²) < 4.78 is 42.0. The highest BCUT2D eigenvalue weighted by atomic mass is 19.4. The number of carboxylic acids is 1. The van der Waals surface area contributed by atoms with Crippen LogP contribution in [0.2, 0.25) is 0 Å². The fraction of sp³-hybridized carbons (Fsp3) is 0.500. The first kappa shape index (κ1) is 13.5. The van der Waals surface area contributed by atoms with E-state index in [-0.39, 0.29) is 25.6 Å². The maximum atomic E-state index is 12.3. The van der Waals surface area contributed by atoms with Crippen LogP contribution in [0.3, 0.4) is 0 Å². The Bertz CT molecular complexity index is 463. The summed E-state index contributed by atoms with van der Waals surface area (Å²) in [6.45, 7) is 0.474. The van der Waals surface area contributed by atoms with Crippen molar-refractivity contribution in [2.45, 2.75) is 12.2 Å². The Hall–Kier alpha value is -1.90. The lowest BCUT2D eigenvalue weighted by atomic mass is 10.2. The van der Waals surface area contributed by atoms with Gasteiger partial charge in [-0.05, 0) is 12.1 Å². The van der Waals surface area contributed by atoms with E-state index in [1.807, 2.05) is 0 Å². The number of ether oxygens (including phenoxy) is 1. The number of aromatic nitrogens is 2. The number of morpholine rings is 1. The molecule has 104 valence electrons. The quantitative estimate of drug-likeness (QED) is 0.861. The number of nitrogens with zero attached hydrogens (tertiary/aromatic N) is 3. The van der Waals surface area contributed by atoms with Crippen LogP contribution in [-0.2, 0) is 15.7 Å². The molecule has 0 spiro atoms. The number of carbonyl (C=O) groups is 1. The van der Waals surface area contributed by atoms with Gasteiger partial charge in [0.1, 0.15) is 0 Å². The lowest BCUT2D eigenvalue weighted by molar-refractivity contribution is -0.142. The average molecular weight is 277 g/mol. The normalized spacial score (nSPS) is 20.4. The van der Waals surface area contributed by atoms with Crippen LogP contribution in [0.5, 0.6) is 0 Å². The third kappa shape index (κ3) is 2.92. The molecule has 1 saturated heterocycles. The Kier molecular flexibility index (Phi) is 3.56. The number of carboxylic acid groups (broad SMARTS) is 1.